The normalized spacial score (nSPS) is 30.8. The molecule has 3 unspecified atom stereocenters. The van der Waals surface area contributed by atoms with Crippen molar-refractivity contribution in [1.82, 2.24) is 10.2 Å². The molecule has 0 aromatic rings. The topological polar surface area (TPSA) is 69.6 Å². The van der Waals surface area contributed by atoms with E-state index in [2.05, 4.69) is 10.2 Å². The van der Waals surface area contributed by atoms with Gasteiger partial charge in [0.05, 0.1) is 12.0 Å². The quantitative estimate of drug-likeness (QED) is 0.780. The van der Waals surface area contributed by atoms with Crippen LogP contribution < -0.4 is 5.32 Å². The fraction of sp³-hybridized carbons (Fsp3) is 0.846. The first-order valence-corrected chi connectivity index (χ1v) is 6.78. The van der Waals surface area contributed by atoms with Gasteiger partial charge in [0, 0.05) is 18.6 Å². The molecule has 0 spiro atoms. The molecule has 2 N–H and O–H groups in total. The summed E-state index contributed by atoms with van der Waals surface area (Å²) >= 11 is 0. The summed E-state index contributed by atoms with van der Waals surface area (Å²) in [6.45, 7) is 4.61. The standard InChI is InChI=1S/C13H22N2O3/c1-8-7-10(13(17)18)5-6-15(8)9(2)12(16)14-11-3-4-11/h8-11H,3-7H2,1-2H3,(H,14,16)(H,17,18). The molecule has 5 heteroatoms. The Labute approximate surface area is 108 Å². The number of aliphatic carboxylic acids is 1. The minimum absolute atomic E-state index is 0.0816. The summed E-state index contributed by atoms with van der Waals surface area (Å²) in [6.07, 6.45) is 3.46. The zero-order valence-corrected chi connectivity index (χ0v) is 11.1. The molecule has 2 aliphatic rings. The van der Waals surface area contributed by atoms with Gasteiger partial charge in [-0.3, -0.25) is 14.5 Å². The van der Waals surface area contributed by atoms with Crippen LogP contribution in [0.15, 0.2) is 0 Å². The molecule has 0 aromatic heterocycles. The van der Waals surface area contributed by atoms with Crippen molar-refractivity contribution in [2.45, 2.75) is 57.7 Å². The maximum absolute atomic E-state index is 12.0. The Morgan fingerprint density at radius 1 is 1.33 bits per heavy atom. The fourth-order valence-electron chi connectivity index (χ4n) is 2.69. The number of amides is 1. The molecule has 0 bridgehead atoms. The van der Waals surface area contributed by atoms with Crippen molar-refractivity contribution in [3.8, 4) is 0 Å². The molecule has 1 aliphatic heterocycles. The van der Waals surface area contributed by atoms with E-state index in [-0.39, 0.29) is 23.9 Å². The number of carboxylic acids is 1. The van der Waals surface area contributed by atoms with Gasteiger partial charge < -0.3 is 10.4 Å². The first-order chi connectivity index (χ1) is 8.49. The van der Waals surface area contributed by atoms with Gasteiger partial charge in [0.25, 0.3) is 0 Å². The lowest BCUT2D eigenvalue weighted by molar-refractivity contribution is -0.144. The Hall–Kier alpha value is -1.10. The van der Waals surface area contributed by atoms with Crippen molar-refractivity contribution in [2.75, 3.05) is 6.54 Å². The number of likely N-dealkylation sites (tertiary alicyclic amines) is 1. The number of nitrogens with zero attached hydrogens (tertiary/aromatic N) is 1. The smallest absolute Gasteiger partial charge is 0.306 e. The van der Waals surface area contributed by atoms with Gasteiger partial charge in [-0.1, -0.05) is 0 Å². The molecule has 18 heavy (non-hydrogen) atoms. The van der Waals surface area contributed by atoms with Crippen LogP contribution in [0.2, 0.25) is 0 Å². The average molecular weight is 254 g/mol. The van der Waals surface area contributed by atoms with Crippen molar-refractivity contribution < 1.29 is 14.7 Å². The van der Waals surface area contributed by atoms with E-state index in [9.17, 15) is 9.59 Å². The van der Waals surface area contributed by atoms with E-state index in [4.69, 9.17) is 5.11 Å². The molecule has 0 radical (unpaired) electrons. The van der Waals surface area contributed by atoms with Crippen molar-refractivity contribution in [2.24, 2.45) is 5.92 Å². The predicted octanol–water partition coefficient (Wildman–Crippen LogP) is 0.839. The molecule has 5 nitrogen and oxygen atoms in total. The second kappa shape index (κ2) is 5.26. The minimum Gasteiger partial charge on any atom is -0.481 e. The monoisotopic (exact) mass is 254 g/mol. The highest BCUT2D eigenvalue weighted by atomic mass is 16.4. The highest BCUT2D eigenvalue weighted by Crippen LogP contribution is 2.25. The maximum Gasteiger partial charge on any atom is 0.306 e. The van der Waals surface area contributed by atoms with Crippen molar-refractivity contribution in [3.05, 3.63) is 0 Å². The average Bonchev–Trinajstić information content (AvgIpc) is 3.11. The Bertz CT molecular complexity index is 341. The summed E-state index contributed by atoms with van der Waals surface area (Å²) in [5.74, 6) is -0.885. The van der Waals surface area contributed by atoms with E-state index in [1.165, 1.54) is 0 Å². The van der Waals surface area contributed by atoms with Crippen LogP contribution in [0.4, 0.5) is 0 Å². The van der Waals surface area contributed by atoms with Gasteiger partial charge in [-0.25, -0.2) is 0 Å². The SMILES string of the molecule is CC1CC(C(=O)O)CCN1C(C)C(=O)NC1CC1. The van der Waals surface area contributed by atoms with E-state index in [0.717, 1.165) is 12.8 Å². The van der Waals surface area contributed by atoms with Gasteiger partial charge in [-0.05, 0) is 39.5 Å². The van der Waals surface area contributed by atoms with Crippen LogP contribution in [0.25, 0.3) is 0 Å². The second-order valence-corrected chi connectivity index (χ2v) is 5.61. The van der Waals surface area contributed by atoms with E-state index >= 15 is 0 Å². The van der Waals surface area contributed by atoms with Crippen LogP contribution in [0.3, 0.4) is 0 Å². The molecular weight excluding hydrogens is 232 g/mol. The summed E-state index contributed by atoms with van der Waals surface area (Å²) in [4.78, 5) is 25.1. The second-order valence-electron chi connectivity index (χ2n) is 5.61. The number of carboxylic acid groups (broad SMARTS) is 1. The van der Waals surface area contributed by atoms with E-state index in [1.54, 1.807) is 0 Å². The lowest BCUT2D eigenvalue weighted by atomic mass is 9.90. The predicted molar refractivity (Wildman–Crippen MR) is 67.2 cm³/mol. The maximum atomic E-state index is 12.0. The van der Waals surface area contributed by atoms with E-state index < -0.39 is 5.97 Å². The number of carbonyl (C=O) groups is 2. The highest BCUT2D eigenvalue weighted by Gasteiger charge is 2.35. The molecule has 2 rings (SSSR count). The van der Waals surface area contributed by atoms with Crippen molar-refractivity contribution >= 4 is 11.9 Å². The Kier molecular flexibility index (Phi) is 3.90. The van der Waals surface area contributed by atoms with E-state index in [1.807, 2.05) is 13.8 Å². The Morgan fingerprint density at radius 3 is 2.50 bits per heavy atom. The molecule has 1 aliphatic carbocycles. The lowest BCUT2D eigenvalue weighted by Crippen LogP contribution is -2.53. The van der Waals surface area contributed by atoms with Crippen LogP contribution in [0.5, 0.6) is 0 Å². The molecule has 1 saturated carbocycles. The zero-order valence-electron chi connectivity index (χ0n) is 11.1. The van der Waals surface area contributed by atoms with E-state index in [0.29, 0.717) is 25.4 Å². The van der Waals surface area contributed by atoms with Crippen LogP contribution in [-0.2, 0) is 9.59 Å². The molecule has 102 valence electrons. The van der Waals surface area contributed by atoms with Gasteiger partial charge in [0.15, 0.2) is 0 Å². The zero-order chi connectivity index (χ0) is 13.3. The number of nitrogens with one attached hydrogen (secondary N) is 1. The van der Waals surface area contributed by atoms with Crippen LogP contribution >= 0.6 is 0 Å². The van der Waals surface area contributed by atoms with Gasteiger partial charge >= 0.3 is 5.97 Å². The van der Waals surface area contributed by atoms with Crippen molar-refractivity contribution in [1.29, 1.82) is 0 Å². The number of piperidine rings is 1. The third kappa shape index (κ3) is 3.02. The fourth-order valence-corrected chi connectivity index (χ4v) is 2.69. The third-order valence-corrected chi connectivity index (χ3v) is 4.08. The number of hydrogen-bond donors (Lipinski definition) is 2. The molecule has 3 atom stereocenters. The van der Waals surface area contributed by atoms with Crippen molar-refractivity contribution in [3.63, 3.8) is 0 Å². The van der Waals surface area contributed by atoms with Crippen LogP contribution in [0.1, 0.15) is 39.5 Å². The molecule has 2 fully saturated rings. The minimum atomic E-state index is -0.711. The Morgan fingerprint density at radius 2 is 2.00 bits per heavy atom. The number of rotatable bonds is 4. The van der Waals surface area contributed by atoms with Gasteiger partial charge in [-0.15, -0.1) is 0 Å². The molecular formula is C13H22N2O3. The van der Waals surface area contributed by atoms with Gasteiger partial charge in [0.1, 0.15) is 0 Å². The lowest BCUT2D eigenvalue weighted by Gasteiger charge is -2.39. The number of hydrogen-bond acceptors (Lipinski definition) is 3. The largest absolute Gasteiger partial charge is 0.481 e. The summed E-state index contributed by atoms with van der Waals surface area (Å²) in [7, 11) is 0. The molecule has 1 amide bonds. The first-order valence-electron chi connectivity index (χ1n) is 6.78. The highest BCUT2D eigenvalue weighted by molar-refractivity contribution is 5.82. The molecule has 0 aromatic carbocycles. The Balaban J connectivity index is 1.88. The summed E-state index contributed by atoms with van der Waals surface area (Å²) in [5.41, 5.74) is 0. The summed E-state index contributed by atoms with van der Waals surface area (Å²) in [5, 5.41) is 12.0. The summed E-state index contributed by atoms with van der Waals surface area (Å²) in [6, 6.07) is 0.377. The molecule has 1 saturated heterocycles. The first kappa shape index (κ1) is 13.3. The number of carbonyl (C=O) groups excluding carboxylic acids is 1. The van der Waals surface area contributed by atoms with Gasteiger partial charge in [-0.2, -0.15) is 0 Å². The van der Waals surface area contributed by atoms with Crippen LogP contribution in [-0.4, -0.2) is 46.6 Å². The molecule has 1 heterocycles. The van der Waals surface area contributed by atoms with Crippen LogP contribution in [0, 0.1) is 5.92 Å². The third-order valence-electron chi connectivity index (χ3n) is 4.08. The summed E-state index contributed by atoms with van der Waals surface area (Å²) < 4.78 is 0. The van der Waals surface area contributed by atoms with Gasteiger partial charge in [0.2, 0.25) is 5.91 Å².